The Morgan fingerprint density at radius 3 is 2.71 bits per heavy atom. The molecule has 0 aromatic heterocycles. The Morgan fingerprint density at radius 1 is 1.25 bits per heavy atom. The Kier molecular flexibility index (Phi) is 4.80. The van der Waals surface area contributed by atoms with Crippen LogP contribution in [0, 0.1) is 5.92 Å². The van der Waals surface area contributed by atoms with Crippen molar-refractivity contribution in [3.63, 3.8) is 0 Å². The number of morpholine rings is 1. The number of likely N-dealkylation sites (tertiary alicyclic amines) is 1. The average molecular weight is 332 g/mol. The maximum atomic E-state index is 12.7. The van der Waals surface area contributed by atoms with Gasteiger partial charge in [0.15, 0.2) is 6.04 Å². The van der Waals surface area contributed by atoms with Crippen LogP contribution in [0.4, 0.5) is 0 Å². The van der Waals surface area contributed by atoms with E-state index in [1.54, 1.807) is 4.90 Å². The highest BCUT2D eigenvalue weighted by atomic mass is 16.5. The van der Waals surface area contributed by atoms with Gasteiger partial charge in [0.05, 0.1) is 19.1 Å². The number of benzene rings is 1. The maximum absolute atomic E-state index is 12.7. The highest BCUT2D eigenvalue weighted by Gasteiger charge is 2.41. The second kappa shape index (κ2) is 7.00. The largest absolute Gasteiger partial charge is 0.480 e. The Balaban J connectivity index is 1.66. The third-order valence-corrected chi connectivity index (χ3v) is 4.48. The van der Waals surface area contributed by atoms with Gasteiger partial charge >= 0.3 is 5.97 Å². The number of carboxylic acids is 1. The van der Waals surface area contributed by atoms with Crippen LogP contribution in [-0.2, 0) is 25.7 Å². The van der Waals surface area contributed by atoms with Crippen LogP contribution in [0.3, 0.4) is 0 Å². The van der Waals surface area contributed by atoms with E-state index in [-0.39, 0.29) is 31.4 Å². The van der Waals surface area contributed by atoms with Crippen LogP contribution >= 0.6 is 0 Å². The predicted octanol–water partition coefficient (Wildman–Crippen LogP) is 0.347. The zero-order valence-electron chi connectivity index (χ0n) is 13.3. The molecule has 0 saturated carbocycles. The van der Waals surface area contributed by atoms with Crippen molar-refractivity contribution >= 4 is 17.8 Å². The lowest BCUT2D eigenvalue weighted by atomic mass is 10.1. The van der Waals surface area contributed by atoms with Crippen molar-refractivity contribution in [3.8, 4) is 0 Å². The van der Waals surface area contributed by atoms with Crippen molar-refractivity contribution in [2.45, 2.75) is 19.0 Å². The van der Waals surface area contributed by atoms with Gasteiger partial charge in [0.1, 0.15) is 0 Å². The molecule has 2 amide bonds. The fourth-order valence-corrected chi connectivity index (χ4v) is 3.20. The van der Waals surface area contributed by atoms with E-state index in [0.717, 1.165) is 5.56 Å². The first-order valence-electron chi connectivity index (χ1n) is 7.99. The molecule has 1 aromatic rings. The van der Waals surface area contributed by atoms with Crippen LogP contribution in [-0.4, -0.2) is 65.0 Å². The van der Waals surface area contributed by atoms with E-state index in [9.17, 15) is 19.5 Å². The van der Waals surface area contributed by atoms with Gasteiger partial charge in [-0.1, -0.05) is 30.3 Å². The summed E-state index contributed by atoms with van der Waals surface area (Å²) >= 11 is 0. The van der Waals surface area contributed by atoms with Gasteiger partial charge in [-0.05, 0) is 5.56 Å². The monoisotopic (exact) mass is 332 g/mol. The third-order valence-electron chi connectivity index (χ3n) is 4.48. The molecule has 24 heavy (non-hydrogen) atoms. The average Bonchev–Trinajstić information content (AvgIpc) is 2.96. The summed E-state index contributed by atoms with van der Waals surface area (Å²) in [6.45, 7) is 1.36. The molecule has 3 rings (SSSR count). The Labute approximate surface area is 139 Å². The minimum Gasteiger partial charge on any atom is -0.480 e. The Bertz CT molecular complexity index is 633. The van der Waals surface area contributed by atoms with E-state index in [2.05, 4.69) is 0 Å². The van der Waals surface area contributed by atoms with E-state index >= 15 is 0 Å². The molecule has 2 heterocycles. The van der Waals surface area contributed by atoms with Crippen LogP contribution in [0.15, 0.2) is 30.3 Å². The summed E-state index contributed by atoms with van der Waals surface area (Å²) in [6, 6.07) is 8.62. The smallest absolute Gasteiger partial charge is 0.328 e. The van der Waals surface area contributed by atoms with E-state index < -0.39 is 17.9 Å². The van der Waals surface area contributed by atoms with Crippen molar-refractivity contribution in [1.82, 2.24) is 9.80 Å². The molecule has 2 fully saturated rings. The topological polar surface area (TPSA) is 87.1 Å². The summed E-state index contributed by atoms with van der Waals surface area (Å²) in [7, 11) is 0. The number of carbonyl (C=O) groups excluding carboxylic acids is 2. The lowest BCUT2D eigenvalue weighted by molar-refractivity contribution is -0.160. The molecule has 2 atom stereocenters. The molecule has 2 saturated heterocycles. The van der Waals surface area contributed by atoms with Gasteiger partial charge in [-0.15, -0.1) is 0 Å². The lowest BCUT2D eigenvalue weighted by Crippen LogP contribution is -2.54. The number of rotatable bonds is 4. The zero-order chi connectivity index (χ0) is 17.1. The van der Waals surface area contributed by atoms with Gasteiger partial charge in [0.25, 0.3) is 0 Å². The molecular formula is C17H20N2O5. The number of aliphatic carboxylic acids is 1. The van der Waals surface area contributed by atoms with Crippen molar-refractivity contribution in [2.75, 3.05) is 26.3 Å². The first kappa shape index (κ1) is 16.4. The van der Waals surface area contributed by atoms with Crippen LogP contribution < -0.4 is 0 Å². The second-order valence-electron chi connectivity index (χ2n) is 6.12. The van der Waals surface area contributed by atoms with Gasteiger partial charge in [0.2, 0.25) is 11.8 Å². The number of carbonyl (C=O) groups is 3. The first-order valence-corrected chi connectivity index (χ1v) is 7.99. The SMILES string of the molecule is O=C(O)[C@@H]1COCCN1C(=O)[C@@H]1CC(=O)N(Cc2ccccc2)C1. The number of ether oxygens (including phenoxy) is 1. The number of nitrogens with zero attached hydrogens (tertiary/aromatic N) is 2. The molecule has 0 bridgehead atoms. The first-order chi connectivity index (χ1) is 11.6. The standard InChI is InChI=1S/C17H20N2O5/c20-15-8-13(10-18(15)9-12-4-2-1-3-5-12)16(21)19-6-7-24-11-14(19)17(22)23/h1-5,13-14H,6-11H2,(H,22,23)/t13-,14+/m1/s1. The number of hydrogen-bond donors (Lipinski definition) is 1. The third kappa shape index (κ3) is 3.41. The van der Waals surface area contributed by atoms with Crippen LogP contribution in [0.25, 0.3) is 0 Å². The fraction of sp³-hybridized carbons (Fsp3) is 0.471. The number of amides is 2. The van der Waals surface area contributed by atoms with Crippen molar-refractivity contribution in [3.05, 3.63) is 35.9 Å². The highest BCUT2D eigenvalue weighted by molar-refractivity contribution is 5.91. The highest BCUT2D eigenvalue weighted by Crippen LogP contribution is 2.24. The predicted molar refractivity (Wildman–Crippen MR) is 83.9 cm³/mol. The molecule has 128 valence electrons. The van der Waals surface area contributed by atoms with Gasteiger partial charge in [-0.2, -0.15) is 0 Å². The van der Waals surface area contributed by atoms with Crippen LogP contribution in [0.1, 0.15) is 12.0 Å². The van der Waals surface area contributed by atoms with Crippen molar-refractivity contribution in [1.29, 1.82) is 0 Å². The van der Waals surface area contributed by atoms with E-state index in [4.69, 9.17) is 4.74 Å². The van der Waals surface area contributed by atoms with Crippen molar-refractivity contribution in [2.24, 2.45) is 5.92 Å². The summed E-state index contributed by atoms with van der Waals surface area (Å²) in [4.78, 5) is 39.2. The minimum absolute atomic E-state index is 0.00449. The number of carboxylic acid groups (broad SMARTS) is 1. The van der Waals surface area contributed by atoms with E-state index in [1.807, 2.05) is 30.3 Å². The summed E-state index contributed by atoms with van der Waals surface area (Å²) < 4.78 is 5.16. The van der Waals surface area contributed by atoms with Gasteiger partial charge in [0, 0.05) is 26.1 Å². The van der Waals surface area contributed by atoms with Gasteiger partial charge < -0.3 is 19.6 Å². The normalized spacial score (nSPS) is 24.2. The summed E-state index contributed by atoms with van der Waals surface area (Å²) in [6.07, 6.45) is 0.134. The minimum atomic E-state index is -1.08. The van der Waals surface area contributed by atoms with Gasteiger partial charge in [-0.3, -0.25) is 9.59 Å². The molecule has 7 heteroatoms. The molecule has 1 N–H and O–H groups in total. The maximum Gasteiger partial charge on any atom is 0.328 e. The Morgan fingerprint density at radius 2 is 2.00 bits per heavy atom. The van der Waals surface area contributed by atoms with Crippen LogP contribution in [0.5, 0.6) is 0 Å². The second-order valence-corrected chi connectivity index (χ2v) is 6.12. The van der Waals surface area contributed by atoms with E-state index in [1.165, 1.54) is 4.90 Å². The molecule has 7 nitrogen and oxygen atoms in total. The Hall–Kier alpha value is -2.41. The molecule has 0 unspecified atom stereocenters. The van der Waals surface area contributed by atoms with Crippen LogP contribution in [0.2, 0.25) is 0 Å². The summed E-state index contributed by atoms with van der Waals surface area (Å²) in [5, 5.41) is 9.25. The number of hydrogen-bond acceptors (Lipinski definition) is 4. The lowest BCUT2D eigenvalue weighted by Gasteiger charge is -2.34. The molecule has 0 spiro atoms. The van der Waals surface area contributed by atoms with E-state index in [0.29, 0.717) is 19.7 Å². The molecule has 1 aromatic carbocycles. The quantitative estimate of drug-likeness (QED) is 0.859. The van der Waals surface area contributed by atoms with Gasteiger partial charge in [-0.25, -0.2) is 4.79 Å². The fourth-order valence-electron chi connectivity index (χ4n) is 3.20. The molecule has 0 radical (unpaired) electrons. The van der Waals surface area contributed by atoms with Crippen molar-refractivity contribution < 1.29 is 24.2 Å². The molecule has 2 aliphatic rings. The zero-order valence-corrected chi connectivity index (χ0v) is 13.3. The summed E-state index contributed by atoms with van der Waals surface area (Å²) in [5.74, 6) is -1.90. The molecule has 2 aliphatic heterocycles. The molecule has 0 aliphatic carbocycles. The summed E-state index contributed by atoms with van der Waals surface area (Å²) in [5.41, 5.74) is 1.01. The molecular weight excluding hydrogens is 312 g/mol.